The van der Waals surface area contributed by atoms with E-state index < -0.39 is 10.0 Å². The minimum Gasteiger partial charge on any atom is -0.489 e. The number of carbonyl (C=O) groups excluding carboxylic acids is 1. The van der Waals surface area contributed by atoms with Gasteiger partial charge in [0.05, 0.1) is 0 Å². The summed E-state index contributed by atoms with van der Waals surface area (Å²) < 4.78 is 32.9. The van der Waals surface area contributed by atoms with Gasteiger partial charge in [-0.2, -0.15) is 8.42 Å². The van der Waals surface area contributed by atoms with Crippen LogP contribution in [0.2, 0.25) is 0 Å². The van der Waals surface area contributed by atoms with E-state index >= 15 is 0 Å². The Morgan fingerprint density at radius 1 is 1.07 bits per heavy atom. The molecule has 0 aliphatic heterocycles. The Morgan fingerprint density at radius 2 is 1.76 bits per heavy atom. The van der Waals surface area contributed by atoms with Gasteiger partial charge >= 0.3 is 0 Å². The molecule has 1 heterocycles. The minimum atomic E-state index is -3.91. The number of carbonyl (C=O) groups is 1. The number of ether oxygens (including phenoxy) is 1. The largest absolute Gasteiger partial charge is 0.489 e. The van der Waals surface area contributed by atoms with Crippen LogP contribution in [-0.4, -0.2) is 24.5 Å². The number of hydrogen-bond donors (Lipinski definition) is 2. The molecule has 8 nitrogen and oxygen atoms in total. The summed E-state index contributed by atoms with van der Waals surface area (Å²) in [7, 11) is -3.91. The van der Waals surface area contributed by atoms with E-state index in [1.807, 2.05) is 30.3 Å². The highest BCUT2D eigenvalue weighted by atomic mass is 32.2. The molecule has 0 aliphatic carbocycles. The average molecular weight is 433 g/mol. The molecule has 0 unspecified atom stereocenters. The van der Waals surface area contributed by atoms with E-state index in [0.29, 0.717) is 18.0 Å². The summed E-state index contributed by atoms with van der Waals surface area (Å²) in [6.45, 7) is 3.87. The Morgan fingerprint density at radius 3 is 2.41 bits per heavy atom. The molecule has 0 atom stereocenters. The van der Waals surface area contributed by atoms with Crippen molar-refractivity contribution in [3.05, 3.63) is 60.2 Å². The first-order valence-corrected chi connectivity index (χ1v) is 11.1. The maximum absolute atomic E-state index is 12.5. The predicted octanol–water partition coefficient (Wildman–Crippen LogP) is 3.51. The Kier molecular flexibility index (Phi) is 6.45. The van der Waals surface area contributed by atoms with Gasteiger partial charge in [0.15, 0.2) is 0 Å². The fourth-order valence-electron chi connectivity index (χ4n) is 2.18. The zero-order valence-corrected chi connectivity index (χ0v) is 17.5. The molecule has 2 N–H and O–H groups in total. The number of hydrogen-bond acceptors (Lipinski definition) is 7. The van der Waals surface area contributed by atoms with E-state index in [-0.39, 0.29) is 21.3 Å². The van der Waals surface area contributed by atoms with Crippen LogP contribution in [0.1, 0.15) is 19.4 Å². The number of aromatic nitrogens is 2. The van der Waals surface area contributed by atoms with Crippen LogP contribution in [0.25, 0.3) is 0 Å². The normalized spacial score (nSPS) is 11.3. The fraction of sp³-hybridized carbons (Fsp3) is 0.211. The smallest absolute Gasteiger partial charge is 0.291 e. The van der Waals surface area contributed by atoms with E-state index in [0.717, 1.165) is 16.9 Å². The van der Waals surface area contributed by atoms with Crippen molar-refractivity contribution >= 4 is 38.1 Å². The first kappa shape index (κ1) is 20.7. The topological polar surface area (TPSA) is 110 Å². The van der Waals surface area contributed by atoms with Gasteiger partial charge in [0.2, 0.25) is 11.0 Å². The maximum atomic E-state index is 12.5. The van der Waals surface area contributed by atoms with Crippen LogP contribution in [0.5, 0.6) is 5.75 Å². The van der Waals surface area contributed by atoms with Crippen LogP contribution in [0, 0.1) is 5.92 Å². The molecule has 2 aromatic carbocycles. The summed E-state index contributed by atoms with van der Waals surface area (Å²) >= 11 is 0.784. The number of sulfonamides is 1. The first-order chi connectivity index (χ1) is 13.8. The molecule has 0 saturated heterocycles. The highest BCUT2D eigenvalue weighted by molar-refractivity contribution is 7.94. The number of benzene rings is 2. The van der Waals surface area contributed by atoms with Crippen molar-refractivity contribution in [2.24, 2.45) is 5.92 Å². The van der Waals surface area contributed by atoms with Gasteiger partial charge in [-0.05, 0) is 29.8 Å². The second-order valence-corrected chi connectivity index (χ2v) is 9.25. The molecule has 1 aromatic heterocycles. The zero-order valence-electron chi connectivity index (χ0n) is 15.8. The zero-order chi connectivity index (χ0) is 20.9. The lowest BCUT2D eigenvalue weighted by Gasteiger charge is -2.08. The number of rotatable bonds is 8. The van der Waals surface area contributed by atoms with Crippen molar-refractivity contribution in [2.75, 3.05) is 10.0 Å². The fourth-order valence-corrected chi connectivity index (χ4v) is 4.14. The van der Waals surface area contributed by atoms with Crippen LogP contribution in [-0.2, 0) is 21.4 Å². The molecule has 152 valence electrons. The molecule has 10 heteroatoms. The van der Waals surface area contributed by atoms with Crippen molar-refractivity contribution in [2.45, 2.75) is 24.8 Å². The molecule has 0 fully saturated rings. The van der Waals surface area contributed by atoms with Gasteiger partial charge in [0.1, 0.15) is 12.4 Å². The maximum Gasteiger partial charge on any atom is 0.291 e. The monoisotopic (exact) mass is 432 g/mol. The number of nitrogens with one attached hydrogen (secondary N) is 2. The van der Waals surface area contributed by atoms with E-state index in [9.17, 15) is 13.2 Å². The summed E-state index contributed by atoms with van der Waals surface area (Å²) in [6, 6.07) is 16.3. The Hall–Kier alpha value is -2.98. The van der Waals surface area contributed by atoms with Crippen LogP contribution in [0.15, 0.2) is 58.9 Å². The molecule has 0 bridgehead atoms. The second kappa shape index (κ2) is 9.01. The van der Waals surface area contributed by atoms with Crippen molar-refractivity contribution in [3.63, 3.8) is 0 Å². The first-order valence-electron chi connectivity index (χ1n) is 8.77. The lowest BCUT2D eigenvalue weighted by atomic mass is 10.2. The summed E-state index contributed by atoms with van der Waals surface area (Å²) in [5.74, 6) is 0.107. The average Bonchev–Trinajstić information content (AvgIpc) is 3.17. The summed E-state index contributed by atoms with van der Waals surface area (Å²) in [5, 5.41) is 10.0. The van der Waals surface area contributed by atoms with Crippen molar-refractivity contribution in [3.8, 4) is 5.75 Å². The van der Waals surface area contributed by atoms with Gasteiger partial charge in [0.25, 0.3) is 14.4 Å². The minimum absolute atomic E-state index is 0.133. The Balaban J connectivity index is 1.61. The Labute approximate surface area is 173 Å². The molecule has 29 heavy (non-hydrogen) atoms. The number of anilines is 2. The van der Waals surface area contributed by atoms with Gasteiger partial charge < -0.3 is 10.1 Å². The Bertz CT molecular complexity index is 1070. The molecule has 0 radical (unpaired) electrons. The molecular formula is C19H20N4O4S2. The molecule has 0 aliphatic rings. The lowest BCUT2D eigenvalue weighted by molar-refractivity contribution is -0.118. The molecular weight excluding hydrogens is 412 g/mol. The second-order valence-electron chi connectivity index (χ2n) is 6.42. The molecule has 1 amide bonds. The van der Waals surface area contributed by atoms with Gasteiger partial charge in [0, 0.05) is 11.6 Å². The van der Waals surface area contributed by atoms with Crippen molar-refractivity contribution < 1.29 is 17.9 Å². The standard InChI is InChI=1S/C19H20N4O4S2/c1-13(2)17(24)20-18-21-22-19(28-18)29(25,26)23-15-8-10-16(11-9-15)27-12-14-6-4-3-5-7-14/h3-11,13,23H,12H2,1-2H3,(H,20,21,24). The van der Waals surface area contributed by atoms with Gasteiger partial charge in [-0.3, -0.25) is 9.52 Å². The molecule has 0 spiro atoms. The molecule has 3 aromatic rings. The summed E-state index contributed by atoms with van der Waals surface area (Å²) in [4.78, 5) is 11.7. The highest BCUT2D eigenvalue weighted by Gasteiger charge is 2.21. The third-order valence-electron chi connectivity index (χ3n) is 3.75. The molecule has 3 rings (SSSR count). The van der Waals surface area contributed by atoms with E-state index in [1.54, 1.807) is 38.1 Å². The van der Waals surface area contributed by atoms with Crippen LogP contribution >= 0.6 is 11.3 Å². The highest BCUT2D eigenvalue weighted by Crippen LogP contribution is 2.24. The third kappa shape index (κ3) is 5.75. The van der Waals surface area contributed by atoms with Gasteiger partial charge in [-0.15, -0.1) is 10.2 Å². The van der Waals surface area contributed by atoms with Gasteiger partial charge in [-0.1, -0.05) is 55.5 Å². The SMILES string of the molecule is CC(C)C(=O)Nc1nnc(S(=O)(=O)Nc2ccc(OCc3ccccc3)cc2)s1. The van der Waals surface area contributed by atoms with E-state index in [2.05, 4.69) is 20.2 Å². The lowest BCUT2D eigenvalue weighted by Crippen LogP contribution is -2.17. The summed E-state index contributed by atoms with van der Waals surface area (Å²) in [5.41, 5.74) is 1.40. The number of nitrogens with zero attached hydrogens (tertiary/aromatic N) is 2. The third-order valence-corrected chi connectivity index (χ3v) is 6.33. The van der Waals surface area contributed by atoms with Crippen LogP contribution < -0.4 is 14.8 Å². The predicted molar refractivity (Wildman–Crippen MR) is 111 cm³/mol. The molecule has 0 saturated carbocycles. The van der Waals surface area contributed by atoms with E-state index in [4.69, 9.17) is 4.74 Å². The van der Waals surface area contributed by atoms with Gasteiger partial charge in [-0.25, -0.2) is 0 Å². The van der Waals surface area contributed by atoms with E-state index in [1.165, 1.54) is 0 Å². The quantitative estimate of drug-likeness (QED) is 0.527. The number of amides is 1. The van der Waals surface area contributed by atoms with Crippen molar-refractivity contribution in [1.29, 1.82) is 0 Å². The van der Waals surface area contributed by atoms with Crippen molar-refractivity contribution in [1.82, 2.24) is 10.2 Å². The van der Waals surface area contributed by atoms with Crippen LogP contribution in [0.3, 0.4) is 0 Å². The summed E-state index contributed by atoms with van der Waals surface area (Å²) in [6.07, 6.45) is 0. The van der Waals surface area contributed by atoms with Crippen LogP contribution in [0.4, 0.5) is 10.8 Å².